The summed E-state index contributed by atoms with van der Waals surface area (Å²) in [5.74, 6) is 0.548. The number of carbonyl (C=O) groups is 1. The summed E-state index contributed by atoms with van der Waals surface area (Å²) in [5, 5.41) is 0. The molecule has 4 aromatic carbocycles. The largest absolute Gasteiger partial charge is 0.497 e. The van der Waals surface area contributed by atoms with E-state index in [-0.39, 0.29) is 24.5 Å². The van der Waals surface area contributed by atoms with Crippen LogP contribution < -0.4 is 4.74 Å². The Labute approximate surface area is 220 Å². The van der Waals surface area contributed by atoms with Gasteiger partial charge in [-0.1, -0.05) is 91.0 Å². The summed E-state index contributed by atoms with van der Waals surface area (Å²) >= 11 is 0. The van der Waals surface area contributed by atoms with Crippen molar-refractivity contribution in [2.45, 2.75) is 38.9 Å². The van der Waals surface area contributed by atoms with Crippen molar-refractivity contribution >= 4 is 5.97 Å². The van der Waals surface area contributed by atoms with Gasteiger partial charge in [-0.25, -0.2) is 0 Å². The normalized spacial score (nSPS) is 12.6. The lowest BCUT2D eigenvalue weighted by atomic mass is 9.93. The molecule has 0 fully saturated rings. The first-order chi connectivity index (χ1) is 18.1. The zero-order valence-corrected chi connectivity index (χ0v) is 21.8. The molecule has 0 aliphatic heterocycles. The number of benzene rings is 4. The number of methoxy groups -OCH3 is 1. The van der Waals surface area contributed by atoms with Gasteiger partial charge in [0.1, 0.15) is 5.75 Å². The number of carbonyl (C=O) groups excluding carboxylic acids is 1. The molecule has 0 heterocycles. The predicted octanol–water partition coefficient (Wildman–Crippen LogP) is 7.62. The first kappa shape index (κ1) is 26.2. The van der Waals surface area contributed by atoms with Crippen molar-refractivity contribution in [1.82, 2.24) is 4.90 Å². The van der Waals surface area contributed by atoms with Gasteiger partial charge in [-0.2, -0.15) is 0 Å². The second-order valence-electron chi connectivity index (χ2n) is 9.13. The van der Waals surface area contributed by atoms with Gasteiger partial charge < -0.3 is 9.47 Å². The Kier molecular flexibility index (Phi) is 9.12. The number of ether oxygens (including phenoxy) is 2. The molecule has 37 heavy (non-hydrogen) atoms. The van der Waals surface area contributed by atoms with Gasteiger partial charge in [-0.15, -0.1) is 0 Å². The molecule has 190 valence electrons. The first-order valence-electron chi connectivity index (χ1n) is 12.8. The summed E-state index contributed by atoms with van der Waals surface area (Å²) in [6, 6.07) is 37.2. The summed E-state index contributed by atoms with van der Waals surface area (Å²) in [6.07, 6.45) is 0.235. The third-order valence-electron chi connectivity index (χ3n) is 6.71. The second kappa shape index (κ2) is 12.9. The smallest absolute Gasteiger partial charge is 0.307 e. The highest BCUT2D eigenvalue weighted by Crippen LogP contribution is 2.38. The van der Waals surface area contributed by atoms with E-state index in [2.05, 4.69) is 78.6 Å². The van der Waals surface area contributed by atoms with E-state index in [0.29, 0.717) is 13.2 Å². The van der Waals surface area contributed by atoms with Crippen molar-refractivity contribution in [1.29, 1.82) is 0 Å². The van der Waals surface area contributed by atoms with E-state index in [9.17, 15) is 4.79 Å². The summed E-state index contributed by atoms with van der Waals surface area (Å²) < 4.78 is 11.2. The van der Waals surface area contributed by atoms with Crippen molar-refractivity contribution in [2.75, 3.05) is 13.7 Å². The molecule has 0 saturated carbocycles. The van der Waals surface area contributed by atoms with Gasteiger partial charge in [0.15, 0.2) is 0 Å². The molecule has 2 atom stereocenters. The molecule has 4 aromatic rings. The Bertz CT molecular complexity index is 1260. The van der Waals surface area contributed by atoms with Crippen LogP contribution in [-0.2, 0) is 16.1 Å². The van der Waals surface area contributed by atoms with Crippen LogP contribution in [-0.4, -0.2) is 24.6 Å². The van der Waals surface area contributed by atoms with Crippen LogP contribution in [0.5, 0.6) is 5.75 Å². The highest BCUT2D eigenvalue weighted by molar-refractivity contribution is 5.71. The van der Waals surface area contributed by atoms with E-state index in [1.54, 1.807) is 7.11 Å². The number of hydrogen-bond acceptors (Lipinski definition) is 4. The minimum Gasteiger partial charge on any atom is -0.497 e. The Morgan fingerprint density at radius 1 is 0.784 bits per heavy atom. The van der Waals surface area contributed by atoms with Crippen molar-refractivity contribution in [2.24, 2.45) is 0 Å². The van der Waals surface area contributed by atoms with Crippen LogP contribution in [0.4, 0.5) is 0 Å². The maximum atomic E-state index is 13.0. The molecule has 0 N–H and O–H groups in total. The van der Waals surface area contributed by atoms with Crippen molar-refractivity contribution in [3.63, 3.8) is 0 Å². The lowest BCUT2D eigenvalue weighted by Gasteiger charge is -2.37. The van der Waals surface area contributed by atoms with Gasteiger partial charge in [0, 0.05) is 18.6 Å². The molecular weight excluding hydrogens is 458 g/mol. The Balaban J connectivity index is 1.84. The minimum atomic E-state index is -0.230. The van der Waals surface area contributed by atoms with Crippen molar-refractivity contribution in [3.05, 3.63) is 126 Å². The third-order valence-corrected chi connectivity index (χ3v) is 6.71. The second-order valence-corrected chi connectivity index (χ2v) is 9.13. The number of esters is 1. The zero-order chi connectivity index (χ0) is 26.0. The summed E-state index contributed by atoms with van der Waals surface area (Å²) in [5.41, 5.74) is 5.55. The molecule has 4 nitrogen and oxygen atoms in total. The van der Waals surface area contributed by atoms with Crippen LogP contribution in [0.1, 0.15) is 49.0 Å². The first-order valence-corrected chi connectivity index (χ1v) is 12.8. The predicted molar refractivity (Wildman–Crippen MR) is 149 cm³/mol. The zero-order valence-electron chi connectivity index (χ0n) is 21.8. The molecular formula is C33H35NO3. The third kappa shape index (κ3) is 6.87. The van der Waals surface area contributed by atoms with E-state index in [4.69, 9.17) is 9.47 Å². The molecule has 0 aromatic heterocycles. The molecule has 4 rings (SSSR count). The fraction of sp³-hybridized carbons (Fsp3) is 0.242. The number of hydrogen-bond donors (Lipinski definition) is 0. The van der Waals surface area contributed by atoms with Crippen molar-refractivity contribution < 1.29 is 14.3 Å². The van der Waals surface area contributed by atoms with Crippen LogP contribution in [0.15, 0.2) is 109 Å². The van der Waals surface area contributed by atoms with Gasteiger partial charge >= 0.3 is 5.97 Å². The maximum Gasteiger partial charge on any atom is 0.307 e. The fourth-order valence-corrected chi connectivity index (χ4v) is 4.77. The van der Waals surface area contributed by atoms with Gasteiger partial charge in [0.05, 0.1) is 20.1 Å². The van der Waals surface area contributed by atoms with Crippen LogP contribution in [0, 0.1) is 0 Å². The number of nitrogens with zero attached hydrogens (tertiary/aromatic N) is 1. The minimum absolute atomic E-state index is 0.0483. The van der Waals surface area contributed by atoms with Crippen LogP contribution in [0.25, 0.3) is 11.1 Å². The van der Waals surface area contributed by atoms with E-state index < -0.39 is 0 Å². The SMILES string of the molecule is CCOC(=O)CC(c1cc(OC)cc(-c2ccccc2)c1)N(Cc1ccccc1)[C@H](C)c1ccccc1. The highest BCUT2D eigenvalue weighted by atomic mass is 16.5. The topological polar surface area (TPSA) is 38.8 Å². The fourth-order valence-electron chi connectivity index (χ4n) is 4.77. The summed E-state index contributed by atoms with van der Waals surface area (Å²) in [4.78, 5) is 15.4. The lowest BCUT2D eigenvalue weighted by molar-refractivity contribution is -0.145. The molecule has 0 aliphatic carbocycles. The van der Waals surface area contributed by atoms with Crippen LogP contribution >= 0.6 is 0 Å². The average Bonchev–Trinajstić information content (AvgIpc) is 2.96. The maximum absolute atomic E-state index is 13.0. The standard InChI is InChI=1S/C33H35NO3/c1-4-37-33(35)23-32(30-20-29(21-31(22-30)36-3)28-18-12-7-13-19-28)34(24-26-14-8-5-9-15-26)25(2)27-16-10-6-11-17-27/h5-22,25,32H,4,23-24H2,1-3H3/t25-,32?/m1/s1. The van der Waals surface area contributed by atoms with E-state index in [0.717, 1.165) is 22.4 Å². The average molecular weight is 494 g/mol. The molecule has 4 heteroatoms. The summed E-state index contributed by atoms with van der Waals surface area (Å²) in [7, 11) is 1.68. The van der Waals surface area contributed by atoms with Crippen molar-refractivity contribution in [3.8, 4) is 16.9 Å². The molecule has 0 radical (unpaired) electrons. The molecule has 0 bridgehead atoms. The summed E-state index contributed by atoms with van der Waals surface area (Å²) in [6.45, 7) is 5.08. The Hall–Kier alpha value is -3.89. The number of rotatable bonds is 11. The van der Waals surface area contributed by atoms with Crippen LogP contribution in [0.3, 0.4) is 0 Å². The molecule has 0 aliphatic rings. The molecule has 0 amide bonds. The monoisotopic (exact) mass is 493 g/mol. The van der Waals surface area contributed by atoms with Gasteiger partial charge in [-0.05, 0) is 59.9 Å². The Morgan fingerprint density at radius 3 is 2.03 bits per heavy atom. The van der Waals surface area contributed by atoms with Gasteiger partial charge in [-0.3, -0.25) is 9.69 Å². The molecule has 0 saturated heterocycles. The van der Waals surface area contributed by atoms with Gasteiger partial charge in [0.2, 0.25) is 0 Å². The van der Waals surface area contributed by atoms with Gasteiger partial charge in [0.25, 0.3) is 0 Å². The lowest BCUT2D eigenvalue weighted by Crippen LogP contribution is -2.33. The highest BCUT2D eigenvalue weighted by Gasteiger charge is 2.29. The van der Waals surface area contributed by atoms with E-state index in [1.807, 2.05) is 49.4 Å². The Morgan fingerprint density at radius 2 is 1.41 bits per heavy atom. The van der Waals surface area contributed by atoms with Crippen LogP contribution in [0.2, 0.25) is 0 Å². The van der Waals surface area contributed by atoms with E-state index >= 15 is 0 Å². The van der Waals surface area contributed by atoms with E-state index in [1.165, 1.54) is 11.1 Å². The molecule has 0 spiro atoms. The quantitative estimate of drug-likeness (QED) is 0.201. The molecule has 1 unspecified atom stereocenters.